The summed E-state index contributed by atoms with van der Waals surface area (Å²) in [4.78, 5) is 20.1. The van der Waals surface area contributed by atoms with Gasteiger partial charge in [-0.05, 0) is 50.5 Å². The SMILES string of the molecule is c1ccc(-c2nc(-c3ccc4ccccc4c3)nc(-c3cccc4oc5cc(-c6cc7ccccc7c7ccccc67)ncc5c34)n2)cc1. The van der Waals surface area contributed by atoms with Gasteiger partial charge in [-0.1, -0.05) is 127 Å². The summed E-state index contributed by atoms with van der Waals surface area (Å²) in [5, 5.41) is 8.90. The number of rotatable bonds is 4. The minimum Gasteiger partial charge on any atom is -0.456 e. The van der Waals surface area contributed by atoms with E-state index in [2.05, 4.69) is 97.1 Å². The fourth-order valence-electron chi connectivity index (χ4n) is 6.99. The molecule has 3 heterocycles. The number of furan rings is 1. The molecule has 0 aliphatic rings. The highest BCUT2D eigenvalue weighted by atomic mass is 16.3. The fraction of sp³-hybridized carbons (Fsp3) is 0. The zero-order valence-corrected chi connectivity index (χ0v) is 26.2. The molecule has 0 N–H and O–H groups in total. The summed E-state index contributed by atoms with van der Waals surface area (Å²) in [5.41, 5.74) is 6.16. The average Bonchev–Trinajstić information content (AvgIpc) is 3.56. The molecule has 0 saturated heterocycles. The molecule has 0 fully saturated rings. The van der Waals surface area contributed by atoms with Crippen LogP contribution in [-0.2, 0) is 0 Å². The largest absolute Gasteiger partial charge is 0.456 e. The van der Waals surface area contributed by atoms with E-state index in [0.717, 1.165) is 60.7 Å². The van der Waals surface area contributed by atoms with Crippen molar-refractivity contribution in [3.63, 3.8) is 0 Å². The Bertz CT molecular complexity index is 2890. The minimum absolute atomic E-state index is 0.579. The van der Waals surface area contributed by atoms with Gasteiger partial charge in [0.2, 0.25) is 0 Å². The Balaban J connectivity index is 1.17. The second kappa shape index (κ2) is 10.9. The Kier molecular flexibility index (Phi) is 6.11. The number of hydrogen-bond acceptors (Lipinski definition) is 5. The van der Waals surface area contributed by atoms with Gasteiger partial charge < -0.3 is 4.42 Å². The number of pyridine rings is 1. The summed E-state index contributed by atoms with van der Waals surface area (Å²) in [6.45, 7) is 0. The van der Waals surface area contributed by atoms with Crippen LogP contribution in [0.3, 0.4) is 0 Å². The van der Waals surface area contributed by atoms with Gasteiger partial charge in [0, 0.05) is 45.3 Å². The first-order valence-corrected chi connectivity index (χ1v) is 16.3. The van der Waals surface area contributed by atoms with Crippen LogP contribution in [-0.4, -0.2) is 19.9 Å². The summed E-state index contributed by atoms with van der Waals surface area (Å²) in [6, 6.07) is 52.0. The van der Waals surface area contributed by atoms with Crippen molar-refractivity contribution in [1.82, 2.24) is 19.9 Å². The molecule has 0 saturated carbocycles. The van der Waals surface area contributed by atoms with E-state index in [9.17, 15) is 0 Å². The second-order valence-corrected chi connectivity index (χ2v) is 12.3. The molecule has 3 aromatic heterocycles. The first kappa shape index (κ1) is 27.4. The van der Waals surface area contributed by atoms with Gasteiger partial charge in [0.1, 0.15) is 11.2 Å². The molecule has 0 unspecified atom stereocenters. The number of fused-ring (bicyclic) bond motifs is 7. The topological polar surface area (TPSA) is 64.7 Å². The van der Waals surface area contributed by atoms with Gasteiger partial charge in [-0.3, -0.25) is 4.98 Å². The quantitative estimate of drug-likeness (QED) is 0.182. The second-order valence-electron chi connectivity index (χ2n) is 12.3. The Morgan fingerprint density at radius 1 is 0.388 bits per heavy atom. The van der Waals surface area contributed by atoms with Crippen molar-refractivity contribution in [2.45, 2.75) is 0 Å². The van der Waals surface area contributed by atoms with Gasteiger partial charge in [-0.15, -0.1) is 0 Å². The van der Waals surface area contributed by atoms with Crippen LogP contribution < -0.4 is 0 Å². The van der Waals surface area contributed by atoms with Crippen LogP contribution in [0.25, 0.3) is 99.7 Å². The van der Waals surface area contributed by atoms with E-state index in [-0.39, 0.29) is 0 Å². The van der Waals surface area contributed by atoms with Crippen LogP contribution in [0.2, 0.25) is 0 Å². The normalized spacial score (nSPS) is 11.7. The maximum atomic E-state index is 6.54. The number of hydrogen-bond donors (Lipinski definition) is 0. The number of aromatic nitrogens is 4. The number of benzene rings is 7. The fourth-order valence-corrected chi connectivity index (χ4v) is 6.99. The Morgan fingerprint density at radius 3 is 1.94 bits per heavy atom. The van der Waals surface area contributed by atoms with Crippen molar-refractivity contribution >= 4 is 54.3 Å². The highest BCUT2D eigenvalue weighted by molar-refractivity contribution is 6.15. The zero-order valence-electron chi connectivity index (χ0n) is 26.2. The van der Waals surface area contributed by atoms with E-state index in [1.165, 1.54) is 21.5 Å². The number of nitrogens with zero attached hydrogens (tertiary/aromatic N) is 4. The highest BCUT2D eigenvalue weighted by Crippen LogP contribution is 2.39. The predicted molar refractivity (Wildman–Crippen MR) is 199 cm³/mol. The van der Waals surface area contributed by atoms with E-state index in [1.54, 1.807) is 0 Å². The van der Waals surface area contributed by atoms with E-state index in [4.69, 9.17) is 24.4 Å². The van der Waals surface area contributed by atoms with Crippen LogP contribution in [0.5, 0.6) is 0 Å². The van der Waals surface area contributed by atoms with Crippen LogP contribution in [0, 0.1) is 0 Å². The molecular formula is C44H26N4O. The van der Waals surface area contributed by atoms with Crippen molar-refractivity contribution in [2.24, 2.45) is 0 Å². The van der Waals surface area contributed by atoms with Gasteiger partial charge in [0.05, 0.1) is 5.69 Å². The van der Waals surface area contributed by atoms with Crippen LogP contribution in [0.1, 0.15) is 0 Å². The van der Waals surface area contributed by atoms with Gasteiger partial charge in [-0.2, -0.15) is 0 Å². The van der Waals surface area contributed by atoms with Crippen molar-refractivity contribution in [1.29, 1.82) is 0 Å². The molecular weight excluding hydrogens is 601 g/mol. The van der Waals surface area contributed by atoms with Crippen LogP contribution >= 0.6 is 0 Å². The van der Waals surface area contributed by atoms with Gasteiger partial charge in [0.25, 0.3) is 0 Å². The van der Waals surface area contributed by atoms with Gasteiger partial charge in [-0.25, -0.2) is 15.0 Å². The molecule has 5 heteroatoms. The summed E-state index contributed by atoms with van der Waals surface area (Å²) < 4.78 is 6.54. The van der Waals surface area contributed by atoms with E-state index >= 15 is 0 Å². The van der Waals surface area contributed by atoms with Crippen LogP contribution in [0.4, 0.5) is 0 Å². The lowest BCUT2D eigenvalue weighted by Crippen LogP contribution is -2.00. The summed E-state index contributed by atoms with van der Waals surface area (Å²) >= 11 is 0. The molecule has 10 rings (SSSR count). The molecule has 0 aliphatic carbocycles. The smallest absolute Gasteiger partial charge is 0.164 e. The third-order valence-electron chi connectivity index (χ3n) is 9.34. The standard InChI is InChI=1S/C44H26N4O/c1-2-12-28(13-3-1)42-46-43(31-22-21-27-11-4-5-14-29(27)23-31)48-44(47-42)35-19-10-20-39-41(35)37-26-45-38(25-40(37)49-39)36-24-30-15-6-7-16-32(30)33-17-8-9-18-34(33)36/h1-26H. The predicted octanol–water partition coefficient (Wildman–Crippen LogP) is 11.3. The summed E-state index contributed by atoms with van der Waals surface area (Å²) in [5.74, 6) is 1.81. The third kappa shape index (κ3) is 4.55. The molecule has 0 spiro atoms. The molecule has 228 valence electrons. The van der Waals surface area contributed by atoms with Crippen molar-refractivity contribution < 1.29 is 4.42 Å². The molecule has 0 atom stereocenters. The molecule has 0 aliphatic heterocycles. The van der Waals surface area contributed by atoms with E-state index in [1.807, 2.05) is 60.8 Å². The molecule has 0 amide bonds. The minimum atomic E-state index is 0.579. The van der Waals surface area contributed by atoms with Gasteiger partial charge >= 0.3 is 0 Å². The average molecular weight is 627 g/mol. The van der Waals surface area contributed by atoms with Crippen molar-refractivity contribution in [3.05, 3.63) is 158 Å². The van der Waals surface area contributed by atoms with E-state index < -0.39 is 0 Å². The van der Waals surface area contributed by atoms with Crippen molar-refractivity contribution in [2.75, 3.05) is 0 Å². The highest BCUT2D eigenvalue weighted by Gasteiger charge is 2.19. The molecule has 7 aromatic carbocycles. The van der Waals surface area contributed by atoms with E-state index in [0.29, 0.717) is 17.5 Å². The maximum absolute atomic E-state index is 6.54. The molecule has 5 nitrogen and oxygen atoms in total. The molecule has 10 aromatic rings. The van der Waals surface area contributed by atoms with Crippen LogP contribution in [0.15, 0.2) is 162 Å². The Labute approximate surface area is 281 Å². The Hall–Kier alpha value is -6.72. The first-order chi connectivity index (χ1) is 24.3. The van der Waals surface area contributed by atoms with Crippen molar-refractivity contribution in [3.8, 4) is 45.4 Å². The molecule has 0 radical (unpaired) electrons. The monoisotopic (exact) mass is 626 g/mol. The Morgan fingerprint density at radius 2 is 1.08 bits per heavy atom. The lowest BCUT2D eigenvalue weighted by Gasteiger charge is -2.10. The summed E-state index contributed by atoms with van der Waals surface area (Å²) in [6.07, 6.45) is 1.92. The lowest BCUT2D eigenvalue weighted by atomic mass is 9.95. The van der Waals surface area contributed by atoms with Gasteiger partial charge in [0.15, 0.2) is 17.5 Å². The molecule has 49 heavy (non-hydrogen) atoms. The zero-order chi connectivity index (χ0) is 32.3. The summed E-state index contributed by atoms with van der Waals surface area (Å²) in [7, 11) is 0. The lowest BCUT2D eigenvalue weighted by molar-refractivity contribution is 0.668. The molecule has 0 bridgehead atoms. The maximum Gasteiger partial charge on any atom is 0.164 e. The third-order valence-corrected chi connectivity index (χ3v) is 9.34. The first-order valence-electron chi connectivity index (χ1n) is 16.3.